The SMILES string of the molecule is CCSc1ccc2cnc(OC)c(-c3ccc(CC)cc3)c2n1. The van der Waals surface area contributed by atoms with E-state index in [2.05, 4.69) is 55.2 Å². The highest BCUT2D eigenvalue weighted by molar-refractivity contribution is 7.99. The predicted octanol–water partition coefficient (Wildman–Crippen LogP) is 4.98. The third-order valence-corrected chi connectivity index (χ3v) is 4.62. The lowest BCUT2D eigenvalue weighted by Gasteiger charge is -2.12. The largest absolute Gasteiger partial charge is 0.480 e. The van der Waals surface area contributed by atoms with Crippen LogP contribution in [-0.4, -0.2) is 22.8 Å². The second-order valence-corrected chi connectivity index (χ2v) is 6.50. The summed E-state index contributed by atoms with van der Waals surface area (Å²) in [5.74, 6) is 1.62. The number of aromatic nitrogens is 2. The van der Waals surface area contributed by atoms with Crippen molar-refractivity contribution in [1.82, 2.24) is 9.97 Å². The number of rotatable bonds is 5. The Morgan fingerprint density at radius 3 is 2.48 bits per heavy atom. The maximum atomic E-state index is 5.51. The molecule has 0 saturated carbocycles. The lowest BCUT2D eigenvalue weighted by Crippen LogP contribution is -1.96. The Hall–Kier alpha value is -2.07. The molecule has 0 fully saturated rings. The third-order valence-electron chi connectivity index (χ3n) is 3.81. The maximum Gasteiger partial charge on any atom is 0.223 e. The Bertz CT molecular complexity index is 815. The van der Waals surface area contributed by atoms with E-state index in [9.17, 15) is 0 Å². The zero-order chi connectivity index (χ0) is 16.2. The fraction of sp³-hybridized carbons (Fsp3) is 0.263. The number of methoxy groups -OCH3 is 1. The van der Waals surface area contributed by atoms with Crippen LogP contribution >= 0.6 is 11.8 Å². The quantitative estimate of drug-likeness (QED) is 0.620. The van der Waals surface area contributed by atoms with Crippen molar-refractivity contribution in [3.63, 3.8) is 0 Å². The Morgan fingerprint density at radius 2 is 1.83 bits per heavy atom. The summed E-state index contributed by atoms with van der Waals surface area (Å²) in [6, 6.07) is 12.7. The van der Waals surface area contributed by atoms with Gasteiger partial charge in [-0.1, -0.05) is 38.1 Å². The summed E-state index contributed by atoms with van der Waals surface area (Å²) in [7, 11) is 1.66. The van der Waals surface area contributed by atoms with Crippen molar-refractivity contribution in [3.8, 4) is 17.0 Å². The van der Waals surface area contributed by atoms with E-state index < -0.39 is 0 Å². The van der Waals surface area contributed by atoms with Gasteiger partial charge in [-0.3, -0.25) is 0 Å². The molecule has 0 amide bonds. The lowest BCUT2D eigenvalue weighted by molar-refractivity contribution is 0.400. The first-order chi connectivity index (χ1) is 11.3. The number of benzene rings is 1. The van der Waals surface area contributed by atoms with Gasteiger partial charge in [-0.15, -0.1) is 11.8 Å². The number of thioether (sulfide) groups is 1. The Kier molecular flexibility index (Phi) is 4.82. The molecule has 0 radical (unpaired) electrons. The van der Waals surface area contributed by atoms with Gasteiger partial charge < -0.3 is 4.74 Å². The fourth-order valence-electron chi connectivity index (χ4n) is 2.60. The van der Waals surface area contributed by atoms with Crippen molar-refractivity contribution in [2.24, 2.45) is 0 Å². The third kappa shape index (κ3) is 3.17. The molecule has 0 aliphatic carbocycles. The predicted molar refractivity (Wildman–Crippen MR) is 97.3 cm³/mol. The van der Waals surface area contributed by atoms with Crippen LogP contribution in [0.4, 0.5) is 0 Å². The Morgan fingerprint density at radius 1 is 1.04 bits per heavy atom. The molecule has 0 aliphatic heterocycles. The molecule has 3 rings (SSSR count). The minimum atomic E-state index is 0.618. The van der Waals surface area contributed by atoms with Crippen LogP contribution in [0.3, 0.4) is 0 Å². The van der Waals surface area contributed by atoms with Gasteiger partial charge in [0.15, 0.2) is 0 Å². The van der Waals surface area contributed by atoms with Crippen molar-refractivity contribution >= 4 is 22.7 Å². The number of hydrogen-bond acceptors (Lipinski definition) is 4. The number of ether oxygens (including phenoxy) is 1. The molecule has 2 heterocycles. The Balaban J connectivity index is 2.23. The van der Waals surface area contributed by atoms with Crippen LogP contribution in [0.25, 0.3) is 22.0 Å². The molecule has 0 unspecified atom stereocenters. The standard InChI is InChI=1S/C19H20N2OS/c1-4-13-6-8-14(9-7-13)17-18-15(12-20-19(17)22-3)10-11-16(21-18)23-5-2/h6-12H,4-5H2,1-3H3. The van der Waals surface area contributed by atoms with E-state index in [1.807, 2.05) is 6.20 Å². The van der Waals surface area contributed by atoms with Gasteiger partial charge in [-0.2, -0.15) is 0 Å². The lowest BCUT2D eigenvalue weighted by atomic mass is 10.0. The van der Waals surface area contributed by atoms with E-state index in [0.29, 0.717) is 5.88 Å². The van der Waals surface area contributed by atoms with Gasteiger partial charge in [-0.05, 0) is 35.4 Å². The molecule has 0 aliphatic rings. The number of aryl methyl sites for hydroxylation is 1. The molecule has 2 aromatic heterocycles. The van der Waals surface area contributed by atoms with Crippen molar-refractivity contribution in [1.29, 1.82) is 0 Å². The molecular weight excluding hydrogens is 304 g/mol. The minimum Gasteiger partial charge on any atom is -0.480 e. The molecule has 3 aromatic rings. The maximum absolute atomic E-state index is 5.51. The first kappa shape index (κ1) is 15.8. The zero-order valence-corrected chi connectivity index (χ0v) is 14.5. The normalized spacial score (nSPS) is 10.9. The van der Waals surface area contributed by atoms with Crippen LogP contribution in [0.2, 0.25) is 0 Å². The van der Waals surface area contributed by atoms with E-state index in [1.54, 1.807) is 18.9 Å². The molecule has 3 nitrogen and oxygen atoms in total. The van der Waals surface area contributed by atoms with Crippen LogP contribution < -0.4 is 4.74 Å². The number of fused-ring (bicyclic) bond motifs is 1. The van der Waals surface area contributed by atoms with Gasteiger partial charge in [-0.25, -0.2) is 9.97 Å². The summed E-state index contributed by atoms with van der Waals surface area (Å²) in [5.41, 5.74) is 4.31. The van der Waals surface area contributed by atoms with Crippen molar-refractivity contribution in [2.45, 2.75) is 25.3 Å². The van der Waals surface area contributed by atoms with Crippen LogP contribution in [-0.2, 0) is 6.42 Å². The average molecular weight is 324 g/mol. The summed E-state index contributed by atoms with van der Waals surface area (Å²) in [4.78, 5) is 9.29. The molecule has 4 heteroatoms. The van der Waals surface area contributed by atoms with E-state index in [0.717, 1.165) is 39.2 Å². The van der Waals surface area contributed by atoms with Crippen LogP contribution in [0.5, 0.6) is 5.88 Å². The van der Waals surface area contributed by atoms with Gasteiger partial charge in [0.2, 0.25) is 5.88 Å². The molecule has 0 atom stereocenters. The molecular formula is C19H20N2OS. The summed E-state index contributed by atoms with van der Waals surface area (Å²) >= 11 is 1.74. The summed E-state index contributed by atoms with van der Waals surface area (Å²) < 4.78 is 5.51. The topological polar surface area (TPSA) is 35.0 Å². The number of nitrogens with zero attached hydrogens (tertiary/aromatic N) is 2. The van der Waals surface area contributed by atoms with Crippen molar-refractivity contribution in [2.75, 3.05) is 12.9 Å². The molecule has 0 saturated heterocycles. The van der Waals surface area contributed by atoms with E-state index in [-0.39, 0.29) is 0 Å². The summed E-state index contributed by atoms with van der Waals surface area (Å²) in [6.07, 6.45) is 2.85. The summed E-state index contributed by atoms with van der Waals surface area (Å²) in [5, 5.41) is 2.06. The van der Waals surface area contributed by atoms with E-state index >= 15 is 0 Å². The highest BCUT2D eigenvalue weighted by Gasteiger charge is 2.14. The highest BCUT2D eigenvalue weighted by atomic mass is 32.2. The van der Waals surface area contributed by atoms with Crippen molar-refractivity contribution in [3.05, 3.63) is 48.2 Å². The molecule has 0 bridgehead atoms. The zero-order valence-electron chi connectivity index (χ0n) is 13.7. The average Bonchev–Trinajstić information content (AvgIpc) is 2.61. The van der Waals surface area contributed by atoms with Gasteiger partial charge in [0.05, 0.1) is 23.2 Å². The smallest absolute Gasteiger partial charge is 0.223 e. The second kappa shape index (κ2) is 7.01. The molecule has 118 valence electrons. The van der Waals surface area contributed by atoms with Gasteiger partial charge in [0.1, 0.15) is 0 Å². The fourth-order valence-corrected chi connectivity index (χ4v) is 3.22. The Labute approximate surface area is 141 Å². The van der Waals surface area contributed by atoms with E-state index in [4.69, 9.17) is 9.72 Å². The first-order valence-electron chi connectivity index (χ1n) is 7.82. The highest BCUT2D eigenvalue weighted by Crippen LogP contribution is 2.35. The van der Waals surface area contributed by atoms with Crippen LogP contribution in [0.1, 0.15) is 19.4 Å². The second-order valence-electron chi connectivity index (χ2n) is 5.21. The van der Waals surface area contributed by atoms with E-state index in [1.165, 1.54) is 5.56 Å². The van der Waals surface area contributed by atoms with Crippen LogP contribution in [0.15, 0.2) is 47.6 Å². The first-order valence-corrected chi connectivity index (χ1v) is 8.81. The molecule has 0 N–H and O–H groups in total. The summed E-state index contributed by atoms with van der Waals surface area (Å²) in [6.45, 7) is 4.29. The monoisotopic (exact) mass is 324 g/mol. The van der Waals surface area contributed by atoms with Gasteiger partial charge in [0.25, 0.3) is 0 Å². The molecule has 0 spiro atoms. The molecule has 23 heavy (non-hydrogen) atoms. The molecule has 1 aromatic carbocycles. The number of pyridine rings is 2. The van der Waals surface area contributed by atoms with Gasteiger partial charge in [0, 0.05) is 11.6 Å². The van der Waals surface area contributed by atoms with Gasteiger partial charge >= 0.3 is 0 Å². The van der Waals surface area contributed by atoms with Crippen molar-refractivity contribution < 1.29 is 4.74 Å². The minimum absolute atomic E-state index is 0.618. The van der Waals surface area contributed by atoms with Crippen LogP contribution in [0, 0.1) is 0 Å². The number of hydrogen-bond donors (Lipinski definition) is 0.